The van der Waals surface area contributed by atoms with E-state index in [0.29, 0.717) is 18.5 Å². The van der Waals surface area contributed by atoms with E-state index in [1.54, 1.807) is 19.2 Å². The molecule has 1 amide bonds. The molecule has 0 aromatic heterocycles. The molecule has 0 heterocycles. The Morgan fingerprint density at radius 2 is 1.88 bits per heavy atom. The van der Waals surface area contributed by atoms with Gasteiger partial charge in [-0.2, -0.15) is 0 Å². The number of nitrogens with one attached hydrogen (secondary N) is 1. The van der Waals surface area contributed by atoms with Gasteiger partial charge >= 0.3 is 0 Å². The second-order valence-electron chi connectivity index (χ2n) is 6.74. The summed E-state index contributed by atoms with van der Waals surface area (Å²) >= 11 is 0. The molecule has 1 N–H and O–H groups in total. The summed E-state index contributed by atoms with van der Waals surface area (Å²) in [5.41, 5.74) is 1.69. The van der Waals surface area contributed by atoms with Gasteiger partial charge in [-0.05, 0) is 58.5 Å². The summed E-state index contributed by atoms with van der Waals surface area (Å²) in [5.74, 6) is 0.467. The maximum Gasteiger partial charge on any atom is 0.224 e. The van der Waals surface area contributed by atoms with Gasteiger partial charge in [0.05, 0.1) is 7.11 Å². The second kappa shape index (κ2) is 6.79. The van der Waals surface area contributed by atoms with E-state index in [1.165, 1.54) is 6.07 Å². The first-order valence-corrected chi connectivity index (χ1v) is 8.74. The highest BCUT2D eigenvalue weighted by Crippen LogP contribution is 2.48. The van der Waals surface area contributed by atoms with Crippen molar-refractivity contribution in [2.24, 2.45) is 5.92 Å². The number of carbonyl (C=O) groups excluding carboxylic acids is 1. The van der Waals surface area contributed by atoms with E-state index < -0.39 is 0 Å². The Hall–Kier alpha value is -2.88. The van der Waals surface area contributed by atoms with Gasteiger partial charge in [0.15, 0.2) is 0 Å². The Labute approximate surface area is 151 Å². The molecule has 0 saturated heterocycles. The van der Waals surface area contributed by atoms with Crippen molar-refractivity contribution < 1.29 is 13.9 Å². The Kier molecular flexibility index (Phi) is 4.33. The lowest BCUT2D eigenvalue weighted by Crippen LogP contribution is -2.24. The molecule has 0 aliphatic heterocycles. The fourth-order valence-electron chi connectivity index (χ4n) is 3.43. The van der Waals surface area contributed by atoms with Crippen molar-refractivity contribution in [3.05, 3.63) is 77.6 Å². The quantitative estimate of drug-likeness (QED) is 0.741. The van der Waals surface area contributed by atoms with Crippen molar-refractivity contribution in [1.82, 2.24) is 5.32 Å². The monoisotopic (exact) mass is 349 g/mol. The molecular formula is C22H20FNO2. The first-order valence-electron chi connectivity index (χ1n) is 8.74. The smallest absolute Gasteiger partial charge is 0.224 e. The fraction of sp³-hybridized carbons (Fsp3) is 0.227. The zero-order chi connectivity index (χ0) is 18.1. The topological polar surface area (TPSA) is 38.3 Å². The summed E-state index contributed by atoms with van der Waals surface area (Å²) in [6, 6.07) is 18.7. The van der Waals surface area contributed by atoms with E-state index in [0.717, 1.165) is 22.1 Å². The number of benzene rings is 3. The zero-order valence-corrected chi connectivity index (χ0v) is 14.5. The highest BCUT2D eigenvalue weighted by Gasteiger charge is 2.44. The van der Waals surface area contributed by atoms with Crippen LogP contribution in [-0.4, -0.2) is 13.0 Å². The van der Waals surface area contributed by atoms with Crippen LogP contribution in [0, 0.1) is 11.7 Å². The Bertz CT molecular complexity index is 969. The minimum absolute atomic E-state index is 0.000248. The van der Waals surface area contributed by atoms with Crippen LogP contribution >= 0.6 is 0 Å². The molecular weight excluding hydrogens is 329 g/mol. The Morgan fingerprint density at radius 1 is 1.12 bits per heavy atom. The largest absolute Gasteiger partial charge is 0.497 e. The number of ether oxygens (including phenoxy) is 1. The predicted octanol–water partition coefficient (Wildman–Crippen LogP) is 4.41. The molecule has 1 aliphatic carbocycles. The third-order valence-corrected chi connectivity index (χ3v) is 5.01. The van der Waals surface area contributed by atoms with Crippen LogP contribution in [0.2, 0.25) is 0 Å². The SMILES string of the molecule is COc1ccc2cc(CNC(=O)C3CC3c3ccccc3F)ccc2c1. The molecule has 132 valence electrons. The maximum atomic E-state index is 13.8. The third kappa shape index (κ3) is 3.27. The van der Waals surface area contributed by atoms with Crippen molar-refractivity contribution in [1.29, 1.82) is 0 Å². The van der Waals surface area contributed by atoms with Crippen LogP contribution in [0.25, 0.3) is 10.8 Å². The van der Waals surface area contributed by atoms with Crippen molar-refractivity contribution >= 4 is 16.7 Å². The van der Waals surface area contributed by atoms with Gasteiger partial charge in [0.1, 0.15) is 11.6 Å². The van der Waals surface area contributed by atoms with Crippen LogP contribution in [0.1, 0.15) is 23.5 Å². The zero-order valence-electron chi connectivity index (χ0n) is 14.5. The third-order valence-electron chi connectivity index (χ3n) is 5.01. The lowest BCUT2D eigenvalue weighted by Gasteiger charge is -2.08. The number of fused-ring (bicyclic) bond motifs is 1. The molecule has 3 aromatic rings. The fourth-order valence-corrected chi connectivity index (χ4v) is 3.43. The van der Waals surface area contributed by atoms with Gasteiger partial charge in [0.2, 0.25) is 5.91 Å². The summed E-state index contributed by atoms with van der Waals surface area (Å²) in [6.45, 7) is 0.474. The summed E-state index contributed by atoms with van der Waals surface area (Å²) < 4.78 is 19.1. The average molecular weight is 349 g/mol. The first-order chi connectivity index (χ1) is 12.7. The van der Waals surface area contributed by atoms with E-state index >= 15 is 0 Å². The van der Waals surface area contributed by atoms with E-state index in [2.05, 4.69) is 11.4 Å². The van der Waals surface area contributed by atoms with Crippen molar-refractivity contribution in [3.8, 4) is 5.75 Å². The highest BCUT2D eigenvalue weighted by molar-refractivity contribution is 5.85. The molecule has 0 spiro atoms. The molecule has 1 saturated carbocycles. The lowest BCUT2D eigenvalue weighted by molar-refractivity contribution is -0.122. The molecule has 26 heavy (non-hydrogen) atoms. The van der Waals surface area contributed by atoms with Crippen molar-refractivity contribution in [2.75, 3.05) is 7.11 Å². The van der Waals surface area contributed by atoms with Crippen LogP contribution in [0.5, 0.6) is 5.75 Å². The first kappa shape index (κ1) is 16.6. The summed E-state index contributed by atoms with van der Waals surface area (Å²) in [7, 11) is 1.65. The molecule has 3 aromatic carbocycles. The van der Waals surface area contributed by atoms with Gasteiger partial charge in [-0.1, -0.05) is 36.4 Å². The van der Waals surface area contributed by atoms with Crippen LogP contribution in [0.15, 0.2) is 60.7 Å². The number of hydrogen-bond donors (Lipinski definition) is 1. The van der Waals surface area contributed by atoms with Gasteiger partial charge < -0.3 is 10.1 Å². The summed E-state index contributed by atoms with van der Waals surface area (Å²) in [5, 5.41) is 5.18. The molecule has 0 radical (unpaired) electrons. The number of rotatable bonds is 5. The van der Waals surface area contributed by atoms with Crippen LogP contribution in [0.3, 0.4) is 0 Å². The van der Waals surface area contributed by atoms with Crippen LogP contribution in [-0.2, 0) is 11.3 Å². The molecule has 3 nitrogen and oxygen atoms in total. The number of hydrogen-bond acceptors (Lipinski definition) is 2. The molecule has 1 aliphatic rings. The van der Waals surface area contributed by atoms with Gasteiger partial charge in [0.25, 0.3) is 0 Å². The summed E-state index contributed by atoms with van der Waals surface area (Å²) in [4.78, 5) is 12.4. The number of halogens is 1. The molecule has 2 atom stereocenters. The van der Waals surface area contributed by atoms with Gasteiger partial charge in [0, 0.05) is 12.5 Å². The van der Waals surface area contributed by atoms with E-state index in [-0.39, 0.29) is 23.6 Å². The Morgan fingerprint density at radius 3 is 2.69 bits per heavy atom. The highest BCUT2D eigenvalue weighted by atomic mass is 19.1. The second-order valence-corrected chi connectivity index (χ2v) is 6.74. The number of carbonyl (C=O) groups is 1. The normalized spacial score (nSPS) is 18.5. The molecule has 4 rings (SSSR count). The molecule has 4 heteroatoms. The van der Waals surface area contributed by atoms with E-state index in [9.17, 15) is 9.18 Å². The number of amides is 1. The standard InChI is InChI=1S/C22H20FNO2/c1-26-17-9-8-15-10-14(6-7-16(15)11-17)13-24-22(25)20-12-19(20)18-4-2-3-5-21(18)23/h2-11,19-20H,12-13H2,1H3,(H,24,25). The Balaban J connectivity index is 1.39. The lowest BCUT2D eigenvalue weighted by atomic mass is 10.1. The average Bonchev–Trinajstić information content (AvgIpc) is 3.46. The number of methoxy groups -OCH3 is 1. The summed E-state index contributed by atoms with van der Waals surface area (Å²) in [6.07, 6.45) is 0.713. The molecule has 0 bridgehead atoms. The predicted molar refractivity (Wildman–Crippen MR) is 99.6 cm³/mol. The van der Waals surface area contributed by atoms with Crippen LogP contribution < -0.4 is 10.1 Å². The minimum Gasteiger partial charge on any atom is -0.497 e. The van der Waals surface area contributed by atoms with E-state index in [1.807, 2.05) is 36.4 Å². The van der Waals surface area contributed by atoms with Crippen LogP contribution in [0.4, 0.5) is 4.39 Å². The molecule has 1 fully saturated rings. The van der Waals surface area contributed by atoms with Crippen molar-refractivity contribution in [2.45, 2.75) is 18.9 Å². The van der Waals surface area contributed by atoms with Gasteiger partial charge in [-0.15, -0.1) is 0 Å². The van der Waals surface area contributed by atoms with Crippen molar-refractivity contribution in [3.63, 3.8) is 0 Å². The van der Waals surface area contributed by atoms with Gasteiger partial charge in [-0.3, -0.25) is 4.79 Å². The molecule has 2 unspecified atom stereocenters. The van der Waals surface area contributed by atoms with E-state index in [4.69, 9.17) is 4.74 Å². The maximum absolute atomic E-state index is 13.8. The minimum atomic E-state index is -0.224. The van der Waals surface area contributed by atoms with Gasteiger partial charge in [-0.25, -0.2) is 4.39 Å².